The van der Waals surface area contributed by atoms with E-state index in [1.54, 1.807) is 13.3 Å². The molecule has 5 nitrogen and oxygen atoms in total. The maximum Gasteiger partial charge on any atom is 0.225 e. The van der Waals surface area contributed by atoms with Gasteiger partial charge in [-0.1, -0.05) is 6.07 Å². The van der Waals surface area contributed by atoms with Crippen LogP contribution in [0.15, 0.2) is 42.7 Å². The molecule has 0 bridgehead atoms. The maximum atomic E-state index is 12.1. The van der Waals surface area contributed by atoms with Crippen molar-refractivity contribution < 1.29 is 9.53 Å². The Kier molecular flexibility index (Phi) is 2.85. The third-order valence-corrected chi connectivity index (χ3v) is 4.16. The Morgan fingerprint density at radius 2 is 2.18 bits per heavy atom. The molecule has 2 N–H and O–H groups in total. The summed E-state index contributed by atoms with van der Waals surface area (Å²) in [6, 6.07) is 9.76. The van der Waals surface area contributed by atoms with Crippen molar-refractivity contribution in [2.75, 3.05) is 12.4 Å². The van der Waals surface area contributed by atoms with E-state index in [1.807, 2.05) is 36.5 Å². The summed E-state index contributed by atoms with van der Waals surface area (Å²) >= 11 is 0. The molecular weight excluding hydrogens is 278 g/mol. The van der Waals surface area contributed by atoms with Crippen LogP contribution in [0, 0.1) is 0 Å². The molecule has 110 valence electrons. The van der Waals surface area contributed by atoms with Gasteiger partial charge in [-0.2, -0.15) is 0 Å². The molecule has 22 heavy (non-hydrogen) atoms. The van der Waals surface area contributed by atoms with Crippen LogP contribution < -0.4 is 10.1 Å². The van der Waals surface area contributed by atoms with Crippen molar-refractivity contribution in [1.82, 2.24) is 9.97 Å². The number of pyridine rings is 1. The van der Waals surface area contributed by atoms with Crippen molar-refractivity contribution in [2.24, 2.45) is 0 Å². The minimum Gasteiger partial charge on any atom is -0.497 e. The summed E-state index contributed by atoms with van der Waals surface area (Å²) in [5.41, 5.74) is 3.87. The van der Waals surface area contributed by atoms with Crippen molar-refractivity contribution in [1.29, 1.82) is 0 Å². The summed E-state index contributed by atoms with van der Waals surface area (Å²) in [7, 11) is 1.62. The number of carbonyl (C=O) groups excluding carboxylic acids is 1. The molecule has 1 aromatic carbocycles. The zero-order chi connectivity index (χ0) is 15.1. The van der Waals surface area contributed by atoms with Crippen LogP contribution in [0.1, 0.15) is 23.5 Å². The molecule has 1 aliphatic rings. The van der Waals surface area contributed by atoms with Gasteiger partial charge in [0.15, 0.2) is 0 Å². The molecule has 2 aromatic heterocycles. The third-order valence-electron chi connectivity index (χ3n) is 4.16. The van der Waals surface area contributed by atoms with E-state index in [2.05, 4.69) is 15.3 Å². The van der Waals surface area contributed by atoms with Gasteiger partial charge in [0.2, 0.25) is 5.91 Å². The van der Waals surface area contributed by atoms with Crippen molar-refractivity contribution >= 4 is 22.6 Å². The number of carbonyl (C=O) groups is 1. The molecule has 1 aliphatic heterocycles. The molecule has 0 saturated heterocycles. The van der Waals surface area contributed by atoms with Crippen molar-refractivity contribution in [3.8, 4) is 5.75 Å². The quantitative estimate of drug-likeness (QED) is 0.763. The first-order chi connectivity index (χ1) is 10.8. The van der Waals surface area contributed by atoms with E-state index in [0.29, 0.717) is 6.42 Å². The lowest BCUT2D eigenvalue weighted by Gasteiger charge is -2.26. The van der Waals surface area contributed by atoms with Crippen LogP contribution in [0.2, 0.25) is 0 Å². The van der Waals surface area contributed by atoms with Gasteiger partial charge in [-0.3, -0.25) is 4.79 Å². The fourth-order valence-electron chi connectivity index (χ4n) is 3.11. The Morgan fingerprint density at radius 3 is 3.05 bits per heavy atom. The number of hydrogen-bond acceptors (Lipinski definition) is 3. The number of aromatic nitrogens is 2. The van der Waals surface area contributed by atoms with Gasteiger partial charge in [-0.25, -0.2) is 4.98 Å². The fourth-order valence-corrected chi connectivity index (χ4v) is 3.11. The Bertz CT molecular complexity index is 869. The molecule has 5 heteroatoms. The number of aromatic amines is 1. The Balaban J connectivity index is 1.88. The molecular formula is C17H15N3O2. The maximum absolute atomic E-state index is 12.1. The largest absolute Gasteiger partial charge is 0.497 e. The average molecular weight is 293 g/mol. The predicted octanol–water partition coefficient (Wildman–Crippen LogP) is 3.05. The fraction of sp³-hybridized carbons (Fsp3) is 0.176. The molecule has 4 rings (SSSR count). The van der Waals surface area contributed by atoms with Gasteiger partial charge >= 0.3 is 0 Å². The zero-order valence-electron chi connectivity index (χ0n) is 12.1. The van der Waals surface area contributed by atoms with Crippen LogP contribution in [-0.2, 0) is 4.79 Å². The van der Waals surface area contributed by atoms with Gasteiger partial charge in [-0.05, 0) is 29.3 Å². The smallest absolute Gasteiger partial charge is 0.225 e. The van der Waals surface area contributed by atoms with E-state index in [0.717, 1.165) is 33.6 Å². The summed E-state index contributed by atoms with van der Waals surface area (Å²) in [5, 5.41) is 3.99. The first kappa shape index (κ1) is 12.9. The number of benzene rings is 1. The number of methoxy groups -OCH3 is 1. The van der Waals surface area contributed by atoms with Gasteiger partial charge in [-0.15, -0.1) is 0 Å². The van der Waals surface area contributed by atoms with E-state index in [-0.39, 0.29) is 11.8 Å². The standard InChI is InChI=1S/C17H15N3O2/c1-22-10-4-5-11-13(8-16(21)20-15(11)7-10)14-9-19-17-12(14)3-2-6-18-17/h2-7,9,13H,8H2,1H3,(H,18,19)(H,20,21). The number of amides is 1. The Labute approximate surface area is 127 Å². The van der Waals surface area contributed by atoms with Crippen LogP contribution in [-0.4, -0.2) is 23.0 Å². The van der Waals surface area contributed by atoms with Crippen molar-refractivity contribution in [3.05, 3.63) is 53.9 Å². The molecule has 1 atom stereocenters. The molecule has 0 spiro atoms. The lowest BCUT2D eigenvalue weighted by molar-refractivity contribution is -0.116. The van der Waals surface area contributed by atoms with Gasteiger partial charge in [0.05, 0.1) is 7.11 Å². The molecule has 3 aromatic rings. The van der Waals surface area contributed by atoms with Crippen LogP contribution >= 0.6 is 0 Å². The predicted molar refractivity (Wildman–Crippen MR) is 84.2 cm³/mol. The summed E-state index contributed by atoms with van der Waals surface area (Å²) in [5.74, 6) is 0.775. The Morgan fingerprint density at radius 1 is 1.27 bits per heavy atom. The highest BCUT2D eigenvalue weighted by Gasteiger charge is 2.28. The highest BCUT2D eigenvalue weighted by Crippen LogP contribution is 2.40. The van der Waals surface area contributed by atoms with Crippen LogP contribution in [0.5, 0.6) is 5.75 Å². The SMILES string of the molecule is COc1ccc2c(c1)NC(=O)CC2c1c[nH]c2ncccc12. The van der Waals surface area contributed by atoms with Crippen molar-refractivity contribution in [3.63, 3.8) is 0 Å². The number of nitrogens with zero attached hydrogens (tertiary/aromatic N) is 1. The van der Waals surface area contributed by atoms with E-state index >= 15 is 0 Å². The van der Waals surface area contributed by atoms with E-state index < -0.39 is 0 Å². The molecule has 0 saturated carbocycles. The third kappa shape index (κ3) is 1.94. The number of hydrogen-bond donors (Lipinski definition) is 2. The molecule has 0 aliphatic carbocycles. The summed E-state index contributed by atoms with van der Waals surface area (Å²) in [4.78, 5) is 19.6. The number of rotatable bonds is 2. The minimum absolute atomic E-state index is 0.0176. The lowest BCUT2D eigenvalue weighted by atomic mass is 9.85. The normalized spacial score (nSPS) is 17.1. The highest BCUT2D eigenvalue weighted by molar-refractivity contribution is 5.96. The number of fused-ring (bicyclic) bond motifs is 2. The summed E-state index contributed by atoms with van der Waals surface area (Å²) < 4.78 is 5.24. The first-order valence-electron chi connectivity index (χ1n) is 7.16. The topological polar surface area (TPSA) is 67.0 Å². The average Bonchev–Trinajstić information content (AvgIpc) is 2.97. The lowest BCUT2D eigenvalue weighted by Crippen LogP contribution is -2.23. The van der Waals surface area contributed by atoms with Crippen molar-refractivity contribution in [2.45, 2.75) is 12.3 Å². The number of ether oxygens (including phenoxy) is 1. The second kappa shape index (κ2) is 4.87. The molecule has 1 amide bonds. The number of nitrogens with one attached hydrogen (secondary N) is 2. The van der Waals surface area contributed by atoms with E-state index in [9.17, 15) is 4.79 Å². The molecule has 0 fully saturated rings. The van der Waals surface area contributed by atoms with E-state index in [1.165, 1.54) is 0 Å². The van der Waals surface area contributed by atoms with E-state index in [4.69, 9.17) is 4.74 Å². The molecule has 0 radical (unpaired) electrons. The van der Waals surface area contributed by atoms with Crippen LogP contribution in [0.4, 0.5) is 5.69 Å². The molecule has 1 unspecified atom stereocenters. The van der Waals surface area contributed by atoms with Gasteiger partial charge in [0.25, 0.3) is 0 Å². The highest BCUT2D eigenvalue weighted by atomic mass is 16.5. The van der Waals surface area contributed by atoms with Gasteiger partial charge in [0.1, 0.15) is 11.4 Å². The monoisotopic (exact) mass is 293 g/mol. The Hall–Kier alpha value is -2.82. The minimum atomic E-state index is 0.0176. The second-order valence-corrected chi connectivity index (χ2v) is 5.40. The number of H-pyrrole nitrogens is 1. The van der Waals surface area contributed by atoms with Crippen LogP contribution in [0.25, 0.3) is 11.0 Å². The second-order valence-electron chi connectivity index (χ2n) is 5.40. The number of anilines is 1. The zero-order valence-corrected chi connectivity index (χ0v) is 12.1. The van der Waals surface area contributed by atoms with Gasteiger partial charge < -0.3 is 15.0 Å². The van der Waals surface area contributed by atoms with Crippen LogP contribution in [0.3, 0.4) is 0 Å². The summed E-state index contributed by atoms with van der Waals surface area (Å²) in [6.07, 6.45) is 4.14. The first-order valence-corrected chi connectivity index (χ1v) is 7.16. The van der Waals surface area contributed by atoms with Gasteiger partial charge in [0, 0.05) is 41.9 Å². The molecule has 3 heterocycles. The summed E-state index contributed by atoms with van der Waals surface area (Å²) in [6.45, 7) is 0.